The van der Waals surface area contributed by atoms with Crippen LogP contribution in [-0.2, 0) is 4.79 Å². The van der Waals surface area contributed by atoms with Crippen molar-refractivity contribution >= 4 is 13.9 Å². The molecule has 2 heteroatoms. The molecule has 1 aliphatic carbocycles. The van der Waals surface area contributed by atoms with Crippen molar-refractivity contribution < 1.29 is 4.79 Å². The molecule has 0 heterocycles. The summed E-state index contributed by atoms with van der Waals surface area (Å²) in [6.07, 6.45) is 2.79. The van der Waals surface area contributed by atoms with Crippen molar-refractivity contribution in [2.75, 3.05) is 0 Å². The highest BCUT2D eigenvalue weighted by atomic mass is 28.3. The van der Waals surface area contributed by atoms with E-state index in [1.807, 2.05) is 0 Å². The van der Waals surface area contributed by atoms with E-state index in [-0.39, 0.29) is 10.5 Å². The summed E-state index contributed by atoms with van der Waals surface area (Å²) in [7, 11) is -1.57. The van der Waals surface area contributed by atoms with Crippen LogP contribution in [0.1, 0.15) is 67.7 Å². The maximum absolute atomic E-state index is 12.3. The largest absolute Gasteiger partial charge is 0.300 e. The molecule has 0 aliphatic heterocycles. The standard InChI is InChI=1S/C17H34OSi/c1-13(2)16(5,6)19(8,9)17(7)11-14(18)10-15(3,4)12-17/h13H,10-12H2,1-9H3. The Labute approximate surface area is 121 Å². The van der Waals surface area contributed by atoms with E-state index in [2.05, 4.69) is 61.6 Å². The topological polar surface area (TPSA) is 17.1 Å². The van der Waals surface area contributed by atoms with Crippen LogP contribution in [0.15, 0.2) is 0 Å². The van der Waals surface area contributed by atoms with Crippen molar-refractivity contribution in [3.63, 3.8) is 0 Å². The maximum atomic E-state index is 12.3. The lowest BCUT2D eigenvalue weighted by molar-refractivity contribution is -0.124. The van der Waals surface area contributed by atoms with Gasteiger partial charge in [0.15, 0.2) is 0 Å². The third-order valence-electron chi connectivity index (χ3n) is 6.69. The SMILES string of the molecule is CC(C)C(C)(C)[Si](C)(C)C1(C)CC(=O)CC(C)(C)C1. The molecule has 0 radical (unpaired) electrons. The van der Waals surface area contributed by atoms with Crippen LogP contribution >= 0.6 is 0 Å². The molecule has 0 amide bonds. The first-order valence-electron chi connectivity index (χ1n) is 7.77. The van der Waals surface area contributed by atoms with Crippen molar-refractivity contribution in [2.24, 2.45) is 11.3 Å². The van der Waals surface area contributed by atoms with E-state index >= 15 is 0 Å². The molecule has 0 aromatic heterocycles. The zero-order valence-electron chi connectivity index (χ0n) is 14.6. The number of hydrogen-bond donors (Lipinski definition) is 0. The Hall–Kier alpha value is -0.113. The third kappa shape index (κ3) is 2.84. The summed E-state index contributed by atoms with van der Waals surface area (Å²) in [4.78, 5) is 12.3. The first kappa shape index (κ1) is 16.9. The van der Waals surface area contributed by atoms with Crippen molar-refractivity contribution in [1.82, 2.24) is 0 Å². The van der Waals surface area contributed by atoms with Crippen LogP contribution in [0.25, 0.3) is 0 Å². The van der Waals surface area contributed by atoms with Gasteiger partial charge in [-0.05, 0) is 27.8 Å². The van der Waals surface area contributed by atoms with E-state index in [0.29, 0.717) is 16.7 Å². The quantitative estimate of drug-likeness (QED) is 0.609. The lowest BCUT2D eigenvalue weighted by Gasteiger charge is -2.57. The minimum Gasteiger partial charge on any atom is -0.300 e. The maximum Gasteiger partial charge on any atom is 0.133 e. The molecular formula is C17H34OSi. The summed E-state index contributed by atoms with van der Waals surface area (Å²) in [5.41, 5.74) is 0.182. The van der Waals surface area contributed by atoms with Gasteiger partial charge in [-0.3, -0.25) is 4.79 Å². The third-order valence-corrected chi connectivity index (χ3v) is 13.9. The first-order chi connectivity index (χ1) is 8.25. The number of rotatable bonds is 3. The van der Waals surface area contributed by atoms with E-state index < -0.39 is 8.07 Å². The monoisotopic (exact) mass is 282 g/mol. The van der Waals surface area contributed by atoms with Gasteiger partial charge in [-0.1, -0.05) is 61.6 Å². The van der Waals surface area contributed by atoms with Crippen LogP contribution in [0.3, 0.4) is 0 Å². The summed E-state index contributed by atoms with van der Waals surface area (Å²) in [6.45, 7) is 21.5. The Morgan fingerprint density at radius 1 is 1.11 bits per heavy atom. The molecule has 1 nitrogen and oxygen atoms in total. The van der Waals surface area contributed by atoms with E-state index in [4.69, 9.17) is 0 Å². The molecule has 112 valence electrons. The van der Waals surface area contributed by atoms with Crippen LogP contribution in [0.2, 0.25) is 23.2 Å². The van der Waals surface area contributed by atoms with Crippen molar-refractivity contribution in [3.05, 3.63) is 0 Å². The normalized spacial score (nSPS) is 28.8. The zero-order chi connectivity index (χ0) is 15.3. The lowest BCUT2D eigenvalue weighted by Crippen LogP contribution is -2.55. The van der Waals surface area contributed by atoms with Gasteiger partial charge in [-0.15, -0.1) is 0 Å². The van der Waals surface area contributed by atoms with E-state index in [9.17, 15) is 4.79 Å². The average Bonchev–Trinajstić information content (AvgIpc) is 2.12. The fourth-order valence-electron chi connectivity index (χ4n) is 4.15. The Kier molecular flexibility index (Phi) is 4.20. The van der Waals surface area contributed by atoms with Gasteiger partial charge in [0.1, 0.15) is 5.78 Å². The summed E-state index contributed by atoms with van der Waals surface area (Å²) >= 11 is 0. The van der Waals surface area contributed by atoms with Gasteiger partial charge in [0.2, 0.25) is 0 Å². The van der Waals surface area contributed by atoms with Crippen LogP contribution in [0, 0.1) is 11.3 Å². The lowest BCUT2D eigenvalue weighted by atomic mass is 9.71. The minimum absolute atomic E-state index is 0.182. The molecule has 19 heavy (non-hydrogen) atoms. The number of Topliss-reactive ketones (excluding diaryl/α,β-unsaturated/α-hetero) is 1. The molecule has 1 fully saturated rings. The second kappa shape index (κ2) is 4.72. The van der Waals surface area contributed by atoms with E-state index in [1.54, 1.807) is 0 Å². The Morgan fingerprint density at radius 2 is 1.58 bits per heavy atom. The predicted octanol–water partition coefficient (Wildman–Crippen LogP) is 5.67. The number of carbonyl (C=O) groups excluding carboxylic acids is 1. The predicted molar refractivity (Wildman–Crippen MR) is 87.4 cm³/mol. The molecule has 1 rings (SSSR count). The highest BCUT2D eigenvalue weighted by molar-refractivity contribution is 6.83. The Bertz CT molecular complexity index is 365. The summed E-state index contributed by atoms with van der Waals surface area (Å²) < 4.78 is 0. The van der Waals surface area contributed by atoms with Crippen molar-refractivity contribution in [3.8, 4) is 0 Å². The zero-order valence-corrected chi connectivity index (χ0v) is 15.6. The molecule has 0 bridgehead atoms. The van der Waals surface area contributed by atoms with Crippen LogP contribution in [0.4, 0.5) is 0 Å². The highest BCUT2D eigenvalue weighted by Gasteiger charge is 2.56. The molecule has 0 N–H and O–H groups in total. The Balaban J connectivity index is 3.21. The second-order valence-corrected chi connectivity index (χ2v) is 15.0. The average molecular weight is 283 g/mol. The number of carbonyl (C=O) groups is 1. The molecule has 0 aromatic carbocycles. The summed E-state index contributed by atoms with van der Waals surface area (Å²) in [6, 6.07) is 0. The van der Waals surface area contributed by atoms with Gasteiger partial charge in [-0.2, -0.15) is 0 Å². The number of ketones is 1. The van der Waals surface area contributed by atoms with Crippen molar-refractivity contribution in [2.45, 2.75) is 90.9 Å². The summed E-state index contributed by atoms with van der Waals surface area (Å²) in [5, 5.41) is 0.592. The summed E-state index contributed by atoms with van der Waals surface area (Å²) in [5.74, 6) is 1.16. The molecule has 1 atom stereocenters. The van der Waals surface area contributed by atoms with E-state index in [0.717, 1.165) is 12.8 Å². The van der Waals surface area contributed by atoms with Gasteiger partial charge >= 0.3 is 0 Å². The van der Waals surface area contributed by atoms with Gasteiger partial charge in [-0.25, -0.2) is 0 Å². The van der Waals surface area contributed by atoms with Gasteiger partial charge in [0.05, 0.1) is 8.07 Å². The molecule has 0 saturated heterocycles. The van der Waals surface area contributed by atoms with Crippen LogP contribution in [0.5, 0.6) is 0 Å². The van der Waals surface area contributed by atoms with Crippen molar-refractivity contribution in [1.29, 1.82) is 0 Å². The molecular weight excluding hydrogens is 248 g/mol. The minimum atomic E-state index is -1.57. The fraction of sp³-hybridized carbons (Fsp3) is 0.941. The van der Waals surface area contributed by atoms with Crippen LogP contribution in [-0.4, -0.2) is 13.9 Å². The van der Waals surface area contributed by atoms with E-state index in [1.165, 1.54) is 6.42 Å². The van der Waals surface area contributed by atoms with Gasteiger partial charge in [0.25, 0.3) is 0 Å². The molecule has 1 saturated carbocycles. The smallest absolute Gasteiger partial charge is 0.133 e. The molecule has 1 aliphatic rings. The molecule has 0 aromatic rings. The molecule has 1 unspecified atom stereocenters. The second-order valence-electron chi connectivity index (χ2n) is 9.30. The van der Waals surface area contributed by atoms with Crippen LogP contribution < -0.4 is 0 Å². The van der Waals surface area contributed by atoms with Gasteiger partial charge < -0.3 is 0 Å². The van der Waals surface area contributed by atoms with Gasteiger partial charge in [0, 0.05) is 12.8 Å². The number of hydrogen-bond acceptors (Lipinski definition) is 1. The molecule has 0 spiro atoms. The first-order valence-corrected chi connectivity index (χ1v) is 10.8. The highest BCUT2D eigenvalue weighted by Crippen LogP contribution is 2.63. The Morgan fingerprint density at radius 3 is 1.95 bits per heavy atom. The fourth-order valence-corrected chi connectivity index (χ4v) is 8.71.